The number of benzene rings is 3. The maximum Gasteiger partial charge on any atom is 0.118 e. The summed E-state index contributed by atoms with van der Waals surface area (Å²) < 4.78 is 7.30. The lowest BCUT2D eigenvalue weighted by molar-refractivity contribution is 0.415. The van der Waals surface area contributed by atoms with E-state index in [9.17, 15) is 0 Å². The van der Waals surface area contributed by atoms with Crippen molar-refractivity contribution in [3.8, 4) is 11.4 Å². The third kappa shape index (κ3) is 3.17. The maximum absolute atomic E-state index is 5.19. The van der Waals surface area contributed by atoms with Crippen molar-refractivity contribution < 1.29 is 4.74 Å². The first-order valence-corrected chi connectivity index (χ1v) is 8.18. The molecule has 0 atom stereocenters. The molecule has 25 heavy (non-hydrogen) atoms. The molecule has 0 fully saturated rings. The van der Waals surface area contributed by atoms with E-state index in [1.807, 2.05) is 48.8 Å². The molecule has 0 N–H and O–H groups in total. The van der Waals surface area contributed by atoms with Gasteiger partial charge in [-0.25, -0.2) is 4.98 Å². The second-order valence-electron chi connectivity index (χ2n) is 5.80. The van der Waals surface area contributed by atoms with Crippen LogP contribution in [0.4, 0.5) is 0 Å². The molecular formula is C22H18N2O. The summed E-state index contributed by atoms with van der Waals surface area (Å²) in [5.41, 5.74) is 5.50. The third-order valence-corrected chi connectivity index (χ3v) is 4.19. The first kappa shape index (κ1) is 15.2. The quantitative estimate of drug-likeness (QED) is 0.482. The summed E-state index contributed by atoms with van der Waals surface area (Å²) in [5, 5.41) is 0. The van der Waals surface area contributed by atoms with Crippen molar-refractivity contribution in [2.45, 2.75) is 0 Å². The summed E-state index contributed by atoms with van der Waals surface area (Å²) in [6.07, 6.45) is 6.09. The molecular weight excluding hydrogens is 308 g/mol. The summed E-state index contributed by atoms with van der Waals surface area (Å²) in [5.74, 6) is 0.867. The third-order valence-electron chi connectivity index (χ3n) is 4.19. The summed E-state index contributed by atoms with van der Waals surface area (Å²) in [7, 11) is 1.68. The van der Waals surface area contributed by atoms with Gasteiger partial charge < -0.3 is 4.74 Å². The van der Waals surface area contributed by atoms with Crippen LogP contribution in [0.25, 0.3) is 28.9 Å². The Kier molecular flexibility index (Phi) is 4.05. The van der Waals surface area contributed by atoms with Crippen LogP contribution in [0, 0.1) is 0 Å². The number of aromatic nitrogens is 2. The van der Waals surface area contributed by atoms with E-state index < -0.39 is 0 Å². The zero-order valence-electron chi connectivity index (χ0n) is 14.0. The fraction of sp³-hybridized carbons (Fsp3) is 0.0455. The highest BCUT2D eigenvalue weighted by molar-refractivity contribution is 5.78. The second-order valence-corrected chi connectivity index (χ2v) is 5.80. The zero-order valence-corrected chi connectivity index (χ0v) is 14.0. The minimum atomic E-state index is 0.867. The van der Waals surface area contributed by atoms with Gasteiger partial charge in [0.2, 0.25) is 0 Å². The van der Waals surface area contributed by atoms with E-state index >= 15 is 0 Å². The molecule has 0 spiro atoms. The van der Waals surface area contributed by atoms with Crippen molar-refractivity contribution in [1.29, 1.82) is 0 Å². The van der Waals surface area contributed by atoms with E-state index in [2.05, 4.69) is 52.0 Å². The van der Waals surface area contributed by atoms with Crippen molar-refractivity contribution >= 4 is 23.2 Å². The number of ether oxygens (including phenoxy) is 1. The first-order chi connectivity index (χ1) is 12.3. The van der Waals surface area contributed by atoms with Gasteiger partial charge in [0.15, 0.2) is 0 Å². The predicted octanol–water partition coefficient (Wildman–Crippen LogP) is 5.20. The highest BCUT2D eigenvalue weighted by Gasteiger charge is 2.03. The Morgan fingerprint density at radius 2 is 1.64 bits per heavy atom. The van der Waals surface area contributed by atoms with Crippen molar-refractivity contribution in [2.75, 3.05) is 7.11 Å². The number of fused-ring (bicyclic) bond motifs is 1. The van der Waals surface area contributed by atoms with Crippen LogP contribution in [0.2, 0.25) is 0 Å². The molecule has 122 valence electrons. The average molecular weight is 326 g/mol. The van der Waals surface area contributed by atoms with Gasteiger partial charge in [-0.3, -0.25) is 4.57 Å². The standard InChI is InChI=1S/C22H18N2O/c1-25-20-13-11-17(12-14-20)9-10-18-5-4-6-19(15-18)24-16-23-21-7-2-3-8-22(21)24/h2-16H,1H3/b10-9+. The molecule has 0 aliphatic heterocycles. The van der Waals surface area contributed by atoms with Gasteiger partial charge in [-0.2, -0.15) is 0 Å². The fourth-order valence-corrected chi connectivity index (χ4v) is 2.85. The number of nitrogens with zero attached hydrogens (tertiary/aromatic N) is 2. The Morgan fingerprint density at radius 3 is 2.48 bits per heavy atom. The van der Waals surface area contributed by atoms with Crippen molar-refractivity contribution in [2.24, 2.45) is 0 Å². The van der Waals surface area contributed by atoms with Crippen molar-refractivity contribution in [3.05, 3.63) is 90.3 Å². The Hall–Kier alpha value is -3.33. The minimum absolute atomic E-state index is 0.867. The predicted molar refractivity (Wildman–Crippen MR) is 103 cm³/mol. The molecule has 0 saturated carbocycles. The van der Waals surface area contributed by atoms with Gasteiger partial charge in [0.25, 0.3) is 0 Å². The molecule has 4 rings (SSSR count). The minimum Gasteiger partial charge on any atom is -0.497 e. The lowest BCUT2D eigenvalue weighted by Crippen LogP contribution is -1.91. The van der Waals surface area contributed by atoms with Gasteiger partial charge in [-0.05, 0) is 47.5 Å². The lowest BCUT2D eigenvalue weighted by atomic mass is 10.1. The van der Waals surface area contributed by atoms with Crippen LogP contribution in [0.3, 0.4) is 0 Å². The molecule has 0 radical (unpaired) electrons. The van der Waals surface area contributed by atoms with Gasteiger partial charge in [0.05, 0.1) is 18.1 Å². The largest absolute Gasteiger partial charge is 0.497 e. The molecule has 3 heteroatoms. The van der Waals surface area contributed by atoms with Gasteiger partial charge in [0, 0.05) is 5.69 Å². The fourth-order valence-electron chi connectivity index (χ4n) is 2.85. The van der Waals surface area contributed by atoms with Crippen LogP contribution in [0.5, 0.6) is 5.75 Å². The number of rotatable bonds is 4. The van der Waals surface area contributed by atoms with E-state index in [1.54, 1.807) is 7.11 Å². The van der Waals surface area contributed by atoms with Gasteiger partial charge in [-0.1, -0.05) is 48.6 Å². The van der Waals surface area contributed by atoms with Gasteiger partial charge >= 0.3 is 0 Å². The monoisotopic (exact) mass is 326 g/mol. The molecule has 3 aromatic carbocycles. The smallest absolute Gasteiger partial charge is 0.118 e. The van der Waals surface area contributed by atoms with Crippen LogP contribution < -0.4 is 4.74 Å². The van der Waals surface area contributed by atoms with E-state index in [0.29, 0.717) is 0 Å². The normalized spacial score (nSPS) is 11.2. The molecule has 1 aromatic heterocycles. The van der Waals surface area contributed by atoms with Crippen molar-refractivity contribution in [1.82, 2.24) is 9.55 Å². The van der Waals surface area contributed by atoms with Crippen LogP contribution in [0.15, 0.2) is 79.1 Å². The number of para-hydroxylation sites is 2. The molecule has 0 aliphatic rings. The van der Waals surface area contributed by atoms with E-state index in [0.717, 1.165) is 33.6 Å². The highest BCUT2D eigenvalue weighted by Crippen LogP contribution is 2.20. The first-order valence-electron chi connectivity index (χ1n) is 8.18. The van der Waals surface area contributed by atoms with Gasteiger partial charge in [-0.15, -0.1) is 0 Å². The van der Waals surface area contributed by atoms with Crippen LogP contribution >= 0.6 is 0 Å². The SMILES string of the molecule is COc1ccc(/C=C/c2cccc(-n3cnc4ccccc43)c2)cc1. The summed E-state index contributed by atoms with van der Waals surface area (Å²) in [6, 6.07) is 24.6. The molecule has 4 aromatic rings. The van der Waals surface area contributed by atoms with Crippen LogP contribution in [-0.2, 0) is 0 Å². The molecule has 0 aliphatic carbocycles. The molecule has 0 amide bonds. The maximum atomic E-state index is 5.19. The van der Waals surface area contributed by atoms with Crippen LogP contribution in [0.1, 0.15) is 11.1 Å². The van der Waals surface area contributed by atoms with E-state index in [4.69, 9.17) is 4.74 Å². The zero-order chi connectivity index (χ0) is 17.1. The molecule has 1 heterocycles. The Balaban J connectivity index is 1.64. The molecule has 0 saturated heterocycles. The summed E-state index contributed by atoms with van der Waals surface area (Å²) in [4.78, 5) is 4.47. The highest BCUT2D eigenvalue weighted by atomic mass is 16.5. The molecule has 0 unspecified atom stereocenters. The Bertz CT molecular complexity index is 1030. The number of hydrogen-bond acceptors (Lipinski definition) is 2. The number of methoxy groups -OCH3 is 1. The molecule has 0 bridgehead atoms. The summed E-state index contributed by atoms with van der Waals surface area (Å²) in [6.45, 7) is 0. The Morgan fingerprint density at radius 1 is 0.840 bits per heavy atom. The number of hydrogen-bond donors (Lipinski definition) is 0. The Labute approximate surface area is 146 Å². The summed E-state index contributed by atoms with van der Waals surface area (Å²) >= 11 is 0. The average Bonchev–Trinajstić information content (AvgIpc) is 3.11. The lowest BCUT2D eigenvalue weighted by Gasteiger charge is -2.05. The van der Waals surface area contributed by atoms with E-state index in [1.165, 1.54) is 0 Å². The second kappa shape index (κ2) is 6.65. The van der Waals surface area contributed by atoms with Crippen molar-refractivity contribution in [3.63, 3.8) is 0 Å². The topological polar surface area (TPSA) is 27.1 Å². The number of imidazole rings is 1. The molecule has 3 nitrogen and oxygen atoms in total. The van der Waals surface area contributed by atoms with Crippen LogP contribution in [-0.4, -0.2) is 16.7 Å². The van der Waals surface area contributed by atoms with Gasteiger partial charge in [0.1, 0.15) is 12.1 Å². The van der Waals surface area contributed by atoms with E-state index in [-0.39, 0.29) is 0 Å².